The minimum Gasteiger partial charge on any atom is -0.326 e. The van der Waals surface area contributed by atoms with E-state index >= 15 is 0 Å². The Morgan fingerprint density at radius 3 is 2.67 bits per heavy atom. The zero-order valence-corrected chi connectivity index (χ0v) is 14.0. The molecule has 10 heteroatoms. The quantitative estimate of drug-likeness (QED) is 0.736. The molecule has 27 heavy (non-hydrogen) atoms. The number of hydrogen-bond acceptors (Lipinski definition) is 4. The maximum absolute atomic E-state index is 12.9. The number of carbonyl (C=O) groups is 1. The van der Waals surface area contributed by atoms with Gasteiger partial charge in [0.05, 0.1) is 0 Å². The number of hydrogen-bond donors (Lipinski definition) is 2. The molecule has 1 aliphatic heterocycles. The van der Waals surface area contributed by atoms with Crippen LogP contribution >= 0.6 is 0 Å². The third-order valence-electron chi connectivity index (χ3n) is 4.56. The largest absolute Gasteiger partial charge is 0.449 e. The topological polar surface area (TPSA) is 88.5 Å². The first-order chi connectivity index (χ1) is 12.9. The molecule has 3 aromatic rings. The molecule has 1 atom stereocenters. The summed E-state index contributed by atoms with van der Waals surface area (Å²) in [5.41, 5.74) is 1.86. The molecule has 2 aromatic heterocycles. The summed E-state index contributed by atoms with van der Waals surface area (Å²) in [5.74, 6) is -0.902. The van der Waals surface area contributed by atoms with Crippen LogP contribution in [0, 0.1) is 5.92 Å². The van der Waals surface area contributed by atoms with Gasteiger partial charge in [-0.25, -0.2) is 9.97 Å². The Kier molecular flexibility index (Phi) is 4.17. The predicted octanol–water partition coefficient (Wildman–Crippen LogP) is 2.89. The highest BCUT2D eigenvalue weighted by atomic mass is 19.4. The monoisotopic (exact) mass is 376 g/mol. The standard InChI is InChI=1S/C17H15F3N6O/c18-17(19,20)16-21-8-13-7-11(5-6-26(13)16)15(27)24-12-3-1-10(2-4-12)14-22-9-23-25-14/h1-4,8-9,11H,5-7H2,(H,24,27)(H,22,23,25)/t11-/m1/s1. The molecule has 3 heterocycles. The average Bonchev–Trinajstić information content (AvgIpc) is 3.31. The molecule has 1 aromatic carbocycles. The fraction of sp³-hybridized carbons (Fsp3) is 0.294. The Morgan fingerprint density at radius 1 is 1.22 bits per heavy atom. The van der Waals surface area contributed by atoms with Crippen LogP contribution in [0.25, 0.3) is 11.4 Å². The number of nitrogens with zero attached hydrogens (tertiary/aromatic N) is 4. The molecule has 4 rings (SSSR count). The second-order valence-electron chi connectivity index (χ2n) is 6.31. The van der Waals surface area contributed by atoms with E-state index in [2.05, 4.69) is 25.5 Å². The average molecular weight is 376 g/mol. The SMILES string of the molecule is O=C(Nc1ccc(-c2ncn[nH]2)cc1)[C@@H]1CCn2c(cnc2C(F)(F)F)C1. The van der Waals surface area contributed by atoms with E-state index < -0.39 is 17.9 Å². The number of anilines is 1. The number of nitrogens with one attached hydrogen (secondary N) is 2. The molecule has 1 amide bonds. The fourth-order valence-corrected chi connectivity index (χ4v) is 3.21. The van der Waals surface area contributed by atoms with Crippen molar-refractivity contribution in [1.82, 2.24) is 24.7 Å². The van der Waals surface area contributed by atoms with Crippen LogP contribution in [0.3, 0.4) is 0 Å². The molecule has 0 bridgehead atoms. The number of aromatic nitrogens is 5. The van der Waals surface area contributed by atoms with Crippen molar-refractivity contribution in [3.63, 3.8) is 0 Å². The van der Waals surface area contributed by atoms with E-state index in [1.54, 1.807) is 24.3 Å². The van der Waals surface area contributed by atoms with Crippen molar-refractivity contribution in [1.29, 1.82) is 0 Å². The Bertz CT molecular complexity index is 946. The van der Waals surface area contributed by atoms with Crippen LogP contribution in [0.1, 0.15) is 17.9 Å². The molecular weight excluding hydrogens is 361 g/mol. The number of H-pyrrole nitrogens is 1. The van der Waals surface area contributed by atoms with Gasteiger partial charge in [0.25, 0.3) is 0 Å². The minimum absolute atomic E-state index is 0.118. The summed E-state index contributed by atoms with van der Waals surface area (Å²) in [6.45, 7) is 0.118. The molecule has 0 radical (unpaired) electrons. The van der Waals surface area contributed by atoms with Crippen LogP contribution in [0.4, 0.5) is 18.9 Å². The van der Waals surface area contributed by atoms with E-state index in [4.69, 9.17) is 0 Å². The van der Waals surface area contributed by atoms with Crippen molar-refractivity contribution in [2.75, 3.05) is 5.32 Å². The lowest BCUT2D eigenvalue weighted by atomic mass is 9.95. The zero-order valence-electron chi connectivity index (χ0n) is 14.0. The highest BCUT2D eigenvalue weighted by molar-refractivity contribution is 5.93. The fourth-order valence-electron chi connectivity index (χ4n) is 3.21. The number of imidazole rings is 1. The number of aromatic amines is 1. The molecular formula is C17H15F3N6O. The van der Waals surface area contributed by atoms with Crippen LogP contribution in [0.5, 0.6) is 0 Å². The Morgan fingerprint density at radius 2 is 2.00 bits per heavy atom. The van der Waals surface area contributed by atoms with Crippen molar-refractivity contribution in [3.05, 3.63) is 48.3 Å². The zero-order chi connectivity index (χ0) is 19.0. The van der Waals surface area contributed by atoms with Crippen LogP contribution in [0.2, 0.25) is 0 Å². The van der Waals surface area contributed by atoms with Gasteiger partial charge >= 0.3 is 6.18 Å². The van der Waals surface area contributed by atoms with E-state index in [0.717, 1.165) is 10.1 Å². The molecule has 0 saturated heterocycles. The van der Waals surface area contributed by atoms with Gasteiger partial charge in [-0.2, -0.15) is 18.3 Å². The summed E-state index contributed by atoms with van der Waals surface area (Å²) >= 11 is 0. The summed E-state index contributed by atoms with van der Waals surface area (Å²) in [5, 5.41) is 9.35. The van der Waals surface area contributed by atoms with Gasteiger partial charge in [0, 0.05) is 42.0 Å². The van der Waals surface area contributed by atoms with Crippen LogP contribution in [-0.4, -0.2) is 30.6 Å². The Labute approximate surface area is 151 Å². The Hall–Kier alpha value is -3.17. The number of amides is 1. The smallest absolute Gasteiger partial charge is 0.326 e. The summed E-state index contributed by atoms with van der Waals surface area (Å²) in [7, 11) is 0. The molecule has 1 aliphatic rings. The van der Waals surface area contributed by atoms with Crippen molar-refractivity contribution < 1.29 is 18.0 Å². The van der Waals surface area contributed by atoms with Gasteiger partial charge in [-0.05, 0) is 30.7 Å². The summed E-state index contributed by atoms with van der Waals surface area (Å²) in [4.78, 5) is 20.0. The second kappa shape index (κ2) is 6.53. The predicted molar refractivity (Wildman–Crippen MR) is 89.5 cm³/mol. The lowest BCUT2D eigenvalue weighted by Gasteiger charge is -2.24. The van der Waals surface area contributed by atoms with Gasteiger partial charge in [0.2, 0.25) is 11.7 Å². The van der Waals surface area contributed by atoms with Gasteiger partial charge in [-0.1, -0.05) is 0 Å². The maximum Gasteiger partial charge on any atom is 0.449 e. The molecule has 140 valence electrons. The molecule has 0 fully saturated rings. The maximum atomic E-state index is 12.9. The highest BCUT2D eigenvalue weighted by Crippen LogP contribution is 2.32. The molecule has 0 spiro atoms. The van der Waals surface area contributed by atoms with Crippen molar-refractivity contribution in [2.24, 2.45) is 5.92 Å². The molecule has 7 nitrogen and oxygen atoms in total. The van der Waals surface area contributed by atoms with Crippen LogP contribution < -0.4 is 5.32 Å². The number of benzene rings is 1. The molecule has 0 saturated carbocycles. The van der Waals surface area contributed by atoms with E-state index in [9.17, 15) is 18.0 Å². The first-order valence-electron chi connectivity index (χ1n) is 8.30. The third-order valence-corrected chi connectivity index (χ3v) is 4.56. The number of rotatable bonds is 3. The number of halogens is 3. The number of carbonyl (C=O) groups excluding carboxylic acids is 1. The highest BCUT2D eigenvalue weighted by Gasteiger charge is 2.39. The van der Waals surface area contributed by atoms with Gasteiger partial charge in [0.15, 0.2) is 5.82 Å². The first kappa shape index (κ1) is 17.3. The molecule has 0 aliphatic carbocycles. The van der Waals surface area contributed by atoms with E-state index in [1.165, 1.54) is 12.5 Å². The molecule has 0 unspecified atom stereocenters. The van der Waals surface area contributed by atoms with Gasteiger partial charge in [-0.15, -0.1) is 0 Å². The minimum atomic E-state index is -4.49. The first-order valence-corrected chi connectivity index (χ1v) is 8.30. The summed E-state index contributed by atoms with van der Waals surface area (Å²) < 4.78 is 39.9. The number of fused-ring (bicyclic) bond motifs is 1. The van der Waals surface area contributed by atoms with E-state index in [0.29, 0.717) is 23.6 Å². The molecule has 2 N–H and O–H groups in total. The Balaban J connectivity index is 1.43. The lowest BCUT2D eigenvalue weighted by Crippen LogP contribution is -2.31. The van der Waals surface area contributed by atoms with E-state index in [-0.39, 0.29) is 18.9 Å². The lowest BCUT2D eigenvalue weighted by molar-refractivity contribution is -0.147. The second-order valence-corrected chi connectivity index (χ2v) is 6.31. The van der Waals surface area contributed by atoms with Crippen molar-refractivity contribution in [2.45, 2.75) is 25.6 Å². The summed E-state index contributed by atoms with van der Waals surface area (Å²) in [6.07, 6.45) is -1.32. The normalized spacial score (nSPS) is 16.8. The van der Waals surface area contributed by atoms with Crippen LogP contribution in [-0.2, 0) is 23.9 Å². The summed E-state index contributed by atoms with van der Waals surface area (Å²) in [6, 6.07) is 7.07. The van der Waals surface area contributed by atoms with E-state index in [1.807, 2.05) is 0 Å². The van der Waals surface area contributed by atoms with Crippen molar-refractivity contribution in [3.8, 4) is 11.4 Å². The third kappa shape index (κ3) is 3.42. The van der Waals surface area contributed by atoms with Gasteiger partial charge in [0.1, 0.15) is 6.33 Å². The van der Waals surface area contributed by atoms with Crippen LogP contribution in [0.15, 0.2) is 36.8 Å². The van der Waals surface area contributed by atoms with Gasteiger partial charge in [-0.3, -0.25) is 9.89 Å². The van der Waals surface area contributed by atoms with Gasteiger partial charge < -0.3 is 9.88 Å². The number of alkyl halides is 3. The van der Waals surface area contributed by atoms with Crippen molar-refractivity contribution >= 4 is 11.6 Å².